The number of aliphatic hydroxyl groups is 1. The number of allylic oxidation sites excluding steroid dienone is 1. The topological polar surface area (TPSA) is 155 Å². The Kier molecular flexibility index (Phi) is 12.2. The molecular formula is C31H42N2O9. The van der Waals surface area contributed by atoms with Gasteiger partial charge in [-0.2, -0.15) is 0 Å². The van der Waals surface area contributed by atoms with Crippen molar-refractivity contribution in [2.24, 2.45) is 28.8 Å². The Morgan fingerprint density at radius 1 is 1.31 bits per heavy atom. The van der Waals surface area contributed by atoms with Crippen LogP contribution in [0.2, 0.25) is 0 Å². The van der Waals surface area contributed by atoms with E-state index < -0.39 is 24.1 Å². The molecule has 1 aromatic rings. The van der Waals surface area contributed by atoms with Crippen LogP contribution in [0.4, 0.5) is 0 Å². The average molecular weight is 587 g/mol. The van der Waals surface area contributed by atoms with Crippen LogP contribution in [0.5, 0.6) is 0 Å². The van der Waals surface area contributed by atoms with Crippen molar-refractivity contribution in [3.63, 3.8) is 0 Å². The van der Waals surface area contributed by atoms with E-state index in [1.165, 1.54) is 6.08 Å². The Hall–Kier alpha value is -3.60. The van der Waals surface area contributed by atoms with Crippen molar-refractivity contribution in [1.82, 2.24) is 5.16 Å². The normalized spacial score (nSPS) is 24.3. The molecule has 0 bridgehead atoms. The zero-order valence-electron chi connectivity index (χ0n) is 24.9. The van der Waals surface area contributed by atoms with Crippen molar-refractivity contribution >= 4 is 29.2 Å². The first-order valence-corrected chi connectivity index (χ1v) is 14.6. The van der Waals surface area contributed by atoms with E-state index in [1.807, 2.05) is 20.8 Å². The van der Waals surface area contributed by atoms with Crippen LogP contribution in [-0.2, 0) is 40.1 Å². The number of hydrogen-bond acceptors (Lipinski definition) is 11. The number of carbonyl (C=O) groups excluding carboxylic acids is 4. The monoisotopic (exact) mass is 586 g/mol. The fourth-order valence-electron chi connectivity index (χ4n) is 5.41. The maximum atomic E-state index is 13.1. The summed E-state index contributed by atoms with van der Waals surface area (Å²) in [6.07, 6.45) is 2.81. The maximum Gasteiger partial charge on any atom is 0.308 e. The zero-order valence-corrected chi connectivity index (χ0v) is 24.9. The second kappa shape index (κ2) is 15.6. The Morgan fingerprint density at radius 2 is 2.07 bits per heavy atom. The molecule has 1 aromatic heterocycles. The summed E-state index contributed by atoms with van der Waals surface area (Å²) in [5.41, 5.74) is 1.97. The van der Waals surface area contributed by atoms with Crippen molar-refractivity contribution in [2.45, 2.75) is 91.5 Å². The molecule has 2 aliphatic rings. The largest absolute Gasteiger partial charge is 0.461 e. The van der Waals surface area contributed by atoms with Gasteiger partial charge in [-0.1, -0.05) is 43.7 Å². The highest BCUT2D eigenvalue weighted by molar-refractivity contribution is 6.08. The van der Waals surface area contributed by atoms with Gasteiger partial charge in [0.25, 0.3) is 0 Å². The summed E-state index contributed by atoms with van der Waals surface area (Å²) in [6, 6.07) is 1.74. The smallest absolute Gasteiger partial charge is 0.308 e. The molecule has 0 spiro atoms. The number of oxime groups is 1. The molecule has 0 amide bonds. The van der Waals surface area contributed by atoms with Crippen LogP contribution < -0.4 is 0 Å². The highest BCUT2D eigenvalue weighted by Crippen LogP contribution is 2.44. The minimum Gasteiger partial charge on any atom is -0.461 e. The van der Waals surface area contributed by atoms with E-state index in [0.717, 1.165) is 5.69 Å². The van der Waals surface area contributed by atoms with E-state index in [9.17, 15) is 24.3 Å². The molecule has 1 saturated carbocycles. The first-order valence-electron chi connectivity index (χ1n) is 14.6. The molecule has 3 rings (SSSR count). The van der Waals surface area contributed by atoms with Crippen LogP contribution in [0.1, 0.15) is 77.2 Å². The SMILES string of the molecule is C=CCOC(=O)CC(O)CC(=O)CCC1C(C)C(=O)C=C2/C(=N/OCc3cc(C)no3)CCC(OC(=O)C(C)CC)C21. The lowest BCUT2D eigenvalue weighted by molar-refractivity contribution is -0.158. The van der Waals surface area contributed by atoms with E-state index in [-0.39, 0.29) is 67.8 Å². The highest BCUT2D eigenvalue weighted by Gasteiger charge is 2.46. The second-order valence-corrected chi connectivity index (χ2v) is 11.2. The molecule has 42 heavy (non-hydrogen) atoms. The lowest BCUT2D eigenvalue weighted by atomic mass is 9.63. The van der Waals surface area contributed by atoms with Gasteiger partial charge in [0.05, 0.1) is 29.8 Å². The summed E-state index contributed by atoms with van der Waals surface area (Å²) in [5.74, 6) is -2.11. The van der Waals surface area contributed by atoms with Crippen LogP contribution >= 0.6 is 0 Å². The lowest BCUT2D eigenvalue weighted by Crippen LogP contribution is -2.46. The van der Waals surface area contributed by atoms with Crippen LogP contribution in [-0.4, -0.2) is 58.3 Å². The number of ketones is 2. The lowest BCUT2D eigenvalue weighted by Gasteiger charge is -2.43. The summed E-state index contributed by atoms with van der Waals surface area (Å²) in [7, 11) is 0. The Balaban J connectivity index is 1.76. The third kappa shape index (κ3) is 8.95. The summed E-state index contributed by atoms with van der Waals surface area (Å²) in [5, 5.41) is 18.4. The molecule has 0 aromatic carbocycles. The highest BCUT2D eigenvalue weighted by atomic mass is 16.6. The number of hydrogen-bond donors (Lipinski definition) is 1. The van der Waals surface area contributed by atoms with Gasteiger partial charge in [-0.3, -0.25) is 19.2 Å². The molecule has 11 nitrogen and oxygen atoms in total. The van der Waals surface area contributed by atoms with E-state index in [1.54, 1.807) is 19.1 Å². The molecule has 0 saturated heterocycles. The van der Waals surface area contributed by atoms with Crippen molar-refractivity contribution in [1.29, 1.82) is 0 Å². The second-order valence-electron chi connectivity index (χ2n) is 11.2. The predicted octanol–water partition coefficient (Wildman–Crippen LogP) is 4.20. The third-order valence-electron chi connectivity index (χ3n) is 7.93. The molecule has 1 N–H and O–H groups in total. The van der Waals surface area contributed by atoms with Gasteiger partial charge in [-0.25, -0.2) is 0 Å². The molecule has 6 atom stereocenters. The van der Waals surface area contributed by atoms with E-state index in [4.69, 9.17) is 18.8 Å². The average Bonchev–Trinajstić information content (AvgIpc) is 3.37. The number of aromatic nitrogens is 1. The Labute approximate surface area is 246 Å². The first-order chi connectivity index (χ1) is 20.0. The fourth-order valence-corrected chi connectivity index (χ4v) is 5.41. The first kappa shape index (κ1) is 32.9. The number of Topliss-reactive ketones (excluding diaryl/α,β-unsaturated/α-hetero) is 1. The number of aryl methyl sites for hydroxylation is 1. The van der Waals surface area contributed by atoms with Gasteiger partial charge in [0.2, 0.25) is 0 Å². The summed E-state index contributed by atoms with van der Waals surface area (Å²) in [6.45, 7) is 10.9. The molecule has 1 fully saturated rings. The van der Waals surface area contributed by atoms with Crippen molar-refractivity contribution in [2.75, 3.05) is 6.61 Å². The van der Waals surface area contributed by atoms with Crippen molar-refractivity contribution < 1.29 is 43.1 Å². The quantitative estimate of drug-likeness (QED) is 0.180. The molecule has 1 heterocycles. The molecule has 6 unspecified atom stereocenters. The predicted molar refractivity (Wildman–Crippen MR) is 152 cm³/mol. The summed E-state index contributed by atoms with van der Waals surface area (Å²) >= 11 is 0. The van der Waals surface area contributed by atoms with Gasteiger partial charge in [0, 0.05) is 30.7 Å². The van der Waals surface area contributed by atoms with Crippen LogP contribution in [0, 0.1) is 30.6 Å². The van der Waals surface area contributed by atoms with Gasteiger partial charge < -0.3 is 23.9 Å². The molecule has 230 valence electrons. The third-order valence-corrected chi connectivity index (χ3v) is 7.93. The molecule has 2 aliphatic carbocycles. The number of fused-ring (bicyclic) bond motifs is 1. The summed E-state index contributed by atoms with van der Waals surface area (Å²) in [4.78, 5) is 56.1. The van der Waals surface area contributed by atoms with Gasteiger partial charge in [-0.05, 0) is 50.2 Å². The molecule has 0 radical (unpaired) electrons. The maximum absolute atomic E-state index is 13.1. The van der Waals surface area contributed by atoms with Gasteiger partial charge in [0.1, 0.15) is 18.5 Å². The number of ether oxygens (including phenoxy) is 2. The van der Waals surface area contributed by atoms with E-state index in [2.05, 4.69) is 16.9 Å². The summed E-state index contributed by atoms with van der Waals surface area (Å²) < 4.78 is 16.1. The van der Waals surface area contributed by atoms with Crippen LogP contribution in [0.3, 0.4) is 0 Å². The van der Waals surface area contributed by atoms with E-state index >= 15 is 0 Å². The minimum absolute atomic E-state index is 0.0309. The molecule has 11 heteroatoms. The molecular weight excluding hydrogens is 544 g/mol. The number of rotatable bonds is 15. The zero-order chi connectivity index (χ0) is 30.8. The minimum atomic E-state index is -1.17. The Morgan fingerprint density at radius 3 is 2.74 bits per heavy atom. The fraction of sp³-hybridized carbons (Fsp3) is 0.613. The van der Waals surface area contributed by atoms with E-state index in [0.29, 0.717) is 42.7 Å². The van der Waals surface area contributed by atoms with Gasteiger partial charge in [0.15, 0.2) is 18.2 Å². The Bertz CT molecular complexity index is 1200. The van der Waals surface area contributed by atoms with Crippen LogP contribution in [0.25, 0.3) is 0 Å². The van der Waals surface area contributed by atoms with Crippen molar-refractivity contribution in [3.05, 3.63) is 41.8 Å². The van der Waals surface area contributed by atoms with Crippen LogP contribution in [0.15, 0.2) is 40.0 Å². The van der Waals surface area contributed by atoms with Crippen molar-refractivity contribution in [3.8, 4) is 0 Å². The number of aliphatic hydroxyl groups excluding tert-OH is 1. The number of nitrogens with zero attached hydrogens (tertiary/aromatic N) is 2. The van der Waals surface area contributed by atoms with Gasteiger partial charge >= 0.3 is 11.9 Å². The standard InChI is InChI=1S/C31H42N2O9/c1-6-12-39-29(37)15-22(35)14-21(34)8-9-24-20(5)27(36)16-25-26(33-40-17-23-13-19(4)32-42-23)10-11-28(30(24)25)41-31(38)18(3)7-2/h6,13,16,18,20,22,24,28,30,35H,1,7-12,14-15,17H2,2-5H3/b33-26+. The van der Waals surface area contributed by atoms with Gasteiger partial charge in [-0.15, -0.1) is 0 Å². The number of carbonyl (C=O) groups is 4. The molecule has 0 aliphatic heterocycles. The number of esters is 2.